The fourth-order valence-corrected chi connectivity index (χ4v) is 1.49. The van der Waals surface area contributed by atoms with Gasteiger partial charge in [0, 0.05) is 0 Å². The van der Waals surface area contributed by atoms with E-state index in [4.69, 9.17) is 10.8 Å². The van der Waals surface area contributed by atoms with Gasteiger partial charge in [0.15, 0.2) is 0 Å². The van der Waals surface area contributed by atoms with Crippen molar-refractivity contribution >= 4 is 5.97 Å². The normalized spacial score (nSPS) is 12.9. The summed E-state index contributed by atoms with van der Waals surface area (Å²) in [6, 6.07) is 6.16. The van der Waals surface area contributed by atoms with Crippen LogP contribution < -0.4 is 5.73 Å². The molecule has 0 radical (unpaired) electrons. The molecule has 0 aliphatic carbocycles. The third-order valence-corrected chi connectivity index (χ3v) is 2.40. The van der Waals surface area contributed by atoms with Gasteiger partial charge in [0.1, 0.15) is 0 Å². The first-order chi connectivity index (χ1) is 8.10. The Labute approximate surface area is 101 Å². The molecule has 0 saturated heterocycles. The van der Waals surface area contributed by atoms with Crippen molar-refractivity contribution < 1.29 is 9.90 Å². The van der Waals surface area contributed by atoms with Crippen LogP contribution in [0.5, 0.6) is 0 Å². The summed E-state index contributed by atoms with van der Waals surface area (Å²) in [4.78, 5) is 10.8. The molecule has 17 heavy (non-hydrogen) atoms. The van der Waals surface area contributed by atoms with Gasteiger partial charge in [-0.25, -0.2) is 4.79 Å². The van der Waals surface area contributed by atoms with Crippen molar-refractivity contribution in [2.75, 3.05) is 0 Å². The molecule has 0 aliphatic rings. The monoisotopic (exact) mass is 229 g/mol. The van der Waals surface area contributed by atoms with Crippen LogP contribution in [-0.2, 0) is 0 Å². The fourth-order valence-electron chi connectivity index (χ4n) is 1.49. The highest BCUT2D eigenvalue weighted by Gasteiger charge is 2.11. The van der Waals surface area contributed by atoms with E-state index in [1.54, 1.807) is 36.4 Å². The summed E-state index contributed by atoms with van der Waals surface area (Å²) in [7, 11) is 0. The molecular formula is C14H15NO2. The zero-order chi connectivity index (χ0) is 12.8. The maximum Gasteiger partial charge on any atom is 0.335 e. The Morgan fingerprint density at radius 1 is 1.41 bits per heavy atom. The molecule has 3 heteroatoms. The Bertz CT molecular complexity index is 475. The van der Waals surface area contributed by atoms with Crippen LogP contribution >= 0.6 is 0 Å². The number of carboxylic acid groups (broad SMARTS) is 1. The highest BCUT2D eigenvalue weighted by Crippen LogP contribution is 2.20. The Morgan fingerprint density at radius 2 is 2.12 bits per heavy atom. The summed E-state index contributed by atoms with van der Waals surface area (Å²) in [6.45, 7) is 7.27. The van der Waals surface area contributed by atoms with Crippen LogP contribution in [0.4, 0.5) is 0 Å². The van der Waals surface area contributed by atoms with E-state index in [1.165, 1.54) is 6.07 Å². The number of aromatic carboxylic acids is 1. The van der Waals surface area contributed by atoms with Crippen LogP contribution in [0, 0.1) is 0 Å². The highest BCUT2D eigenvalue weighted by molar-refractivity contribution is 5.87. The van der Waals surface area contributed by atoms with Gasteiger partial charge in [0.25, 0.3) is 0 Å². The van der Waals surface area contributed by atoms with Crippen molar-refractivity contribution in [3.63, 3.8) is 0 Å². The Balaban J connectivity index is 3.11. The summed E-state index contributed by atoms with van der Waals surface area (Å²) in [6.07, 6.45) is 5.02. The van der Waals surface area contributed by atoms with E-state index in [2.05, 4.69) is 13.2 Å². The van der Waals surface area contributed by atoms with E-state index in [1.807, 2.05) is 0 Å². The zero-order valence-corrected chi connectivity index (χ0v) is 9.47. The van der Waals surface area contributed by atoms with Gasteiger partial charge in [-0.1, -0.05) is 43.5 Å². The summed E-state index contributed by atoms with van der Waals surface area (Å²) >= 11 is 0. The highest BCUT2D eigenvalue weighted by atomic mass is 16.4. The number of nitrogens with two attached hydrogens (primary N) is 1. The first-order valence-electron chi connectivity index (χ1n) is 5.14. The molecule has 0 bridgehead atoms. The van der Waals surface area contributed by atoms with Crippen LogP contribution in [0.1, 0.15) is 22.0 Å². The number of hydrogen-bond donors (Lipinski definition) is 2. The zero-order valence-electron chi connectivity index (χ0n) is 9.47. The molecule has 0 aliphatic heterocycles. The molecule has 88 valence electrons. The lowest BCUT2D eigenvalue weighted by Crippen LogP contribution is -2.13. The number of hydrogen-bond acceptors (Lipinski definition) is 2. The molecule has 3 N–H and O–H groups in total. The number of benzene rings is 1. The lowest BCUT2D eigenvalue weighted by molar-refractivity contribution is 0.0697. The van der Waals surface area contributed by atoms with Gasteiger partial charge in [-0.3, -0.25) is 0 Å². The van der Waals surface area contributed by atoms with Crippen LogP contribution in [-0.4, -0.2) is 11.1 Å². The van der Waals surface area contributed by atoms with Gasteiger partial charge < -0.3 is 10.8 Å². The third-order valence-electron chi connectivity index (χ3n) is 2.40. The smallest absolute Gasteiger partial charge is 0.335 e. The van der Waals surface area contributed by atoms with Crippen molar-refractivity contribution in [3.05, 3.63) is 72.4 Å². The SMILES string of the molecule is C=C/C=C(\C=C)C(N)c1cccc(C(=O)O)c1. The second kappa shape index (κ2) is 5.82. The van der Waals surface area contributed by atoms with Crippen LogP contribution in [0.3, 0.4) is 0 Å². The fraction of sp³-hybridized carbons (Fsp3) is 0.0714. The minimum atomic E-state index is -0.966. The van der Waals surface area contributed by atoms with Crippen LogP contribution in [0.2, 0.25) is 0 Å². The van der Waals surface area contributed by atoms with E-state index in [9.17, 15) is 4.79 Å². The van der Waals surface area contributed by atoms with E-state index < -0.39 is 12.0 Å². The number of allylic oxidation sites excluding steroid dienone is 2. The lowest BCUT2D eigenvalue weighted by atomic mass is 9.97. The maximum absolute atomic E-state index is 10.8. The Hall–Kier alpha value is -2.13. The summed E-state index contributed by atoms with van der Waals surface area (Å²) < 4.78 is 0. The van der Waals surface area contributed by atoms with Crippen molar-refractivity contribution in [3.8, 4) is 0 Å². The van der Waals surface area contributed by atoms with Gasteiger partial charge in [0.05, 0.1) is 11.6 Å². The maximum atomic E-state index is 10.8. The Morgan fingerprint density at radius 3 is 2.65 bits per heavy atom. The van der Waals surface area contributed by atoms with Gasteiger partial charge in [-0.2, -0.15) is 0 Å². The number of carboxylic acids is 1. The molecule has 1 aromatic carbocycles. The van der Waals surface area contributed by atoms with Crippen molar-refractivity contribution in [2.45, 2.75) is 6.04 Å². The second-order valence-electron chi connectivity index (χ2n) is 3.51. The first-order valence-corrected chi connectivity index (χ1v) is 5.14. The second-order valence-corrected chi connectivity index (χ2v) is 3.51. The topological polar surface area (TPSA) is 63.3 Å². The van der Waals surface area contributed by atoms with E-state index in [0.29, 0.717) is 0 Å². The third kappa shape index (κ3) is 3.16. The molecule has 0 aromatic heterocycles. The van der Waals surface area contributed by atoms with Crippen molar-refractivity contribution in [1.29, 1.82) is 0 Å². The van der Waals surface area contributed by atoms with Gasteiger partial charge in [-0.05, 0) is 23.3 Å². The predicted octanol–water partition coefficient (Wildman–Crippen LogP) is 2.68. The Kier molecular flexibility index (Phi) is 4.43. The first kappa shape index (κ1) is 12.9. The molecular weight excluding hydrogens is 214 g/mol. The predicted molar refractivity (Wildman–Crippen MR) is 68.8 cm³/mol. The van der Waals surface area contributed by atoms with Gasteiger partial charge >= 0.3 is 5.97 Å². The van der Waals surface area contributed by atoms with Gasteiger partial charge in [-0.15, -0.1) is 0 Å². The average Bonchev–Trinajstić information content (AvgIpc) is 2.35. The molecule has 0 saturated carbocycles. The summed E-state index contributed by atoms with van der Waals surface area (Å²) in [5.74, 6) is -0.966. The quantitative estimate of drug-likeness (QED) is 0.763. The average molecular weight is 229 g/mol. The molecule has 0 heterocycles. The molecule has 1 unspecified atom stereocenters. The summed E-state index contributed by atoms with van der Waals surface area (Å²) in [5.41, 5.74) is 7.78. The lowest BCUT2D eigenvalue weighted by Gasteiger charge is -2.13. The molecule has 0 spiro atoms. The largest absolute Gasteiger partial charge is 0.478 e. The molecule has 0 amide bonds. The van der Waals surface area contributed by atoms with Gasteiger partial charge in [0.2, 0.25) is 0 Å². The van der Waals surface area contributed by atoms with E-state index >= 15 is 0 Å². The van der Waals surface area contributed by atoms with Crippen molar-refractivity contribution in [1.82, 2.24) is 0 Å². The molecule has 1 rings (SSSR count). The summed E-state index contributed by atoms with van der Waals surface area (Å²) in [5, 5.41) is 8.90. The van der Waals surface area contributed by atoms with E-state index in [-0.39, 0.29) is 5.56 Å². The molecule has 0 fully saturated rings. The minimum Gasteiger partial charge on any atom is -0.478 e. The van der Waals surface area contributed by atoms with E-state index in [0.717, 1.165) is 11.1 Å². The minimum absolute atomic E-state index is 0.222. The molecule has 1 aromatic rings. The van der Waals surface area contributed by atoms with Crippen molar-refractivity contribution in [2.24, 2.45) is 5.73 Å². The number of rotatable bonds is 5. The molecule has 3 nitrogen and oxygen atoms in total. The van der Waals surface area contributed by atoms with Crippen LogP contribution in [0.25, 0.3) is 0 Å². The number of carbonyl (C=O) groups is 1. The van der Waals surface area contributed by atoms with Crippen LogP contribution in [0.15, 0.2) is 61.2 Å². The molecule has 1 atom stereocenters. The standard InChI is InChI=1S/C14H15NO2/c1-3-6-10(4-2)13(15)11-7-5-8-12(9-11)14(16)17/h3-9,13H,1-2,15H2,(H,16,17)/b10-6+.